The third kappa shape index (κ3) is 4.86. The van der Waals surface area contributed by atoms with E-state index in [1.807, 2.05) is 42.5 Å². The van der Waals surface area contributed by atoms with Crippen LogP contribution in [-0.4, -0.2) is 22.8 Å². The van der Waals surface area contributed by atoms with Crippen molar-refractivity contribution >= 4 is 28.3 Å². The number of nitrogens with one attached hydrogen (secondary N) is 2. The molecule has 8 nitrogen and oxygen atoms in total. The molecule has 0 aliphatic rings. The largest absolute Gasteiger partial charge is 0.474 e. The molecule has 3 aromatic carbocycles. The van der Waals surface area contributed by atoms with Crippen LogP contribution >= 0.6 is 0 Å². The first-order valence-corrected chi connectivity index (χ1v) is 8.91. The van der Waals surface area contributed by atoms with Crippen molar-refractivity contribution in [2.45, 2.75) is 19.4 Å². The Morgan fingerprint density at radius 3 is 2.48 bits per heavy atom. The molecular formula is C21H19N3O5. The Morgan fingerprint density at radius 2 is 1.69 bits per heavy atom. The van der Waals surface area contributed by atoms with Crippen LogP contribution in [0.3, 0.4) is 0 Å². The van der Waals surface area contributed by atoms with Gasteiger partial charge >= 0.3 is 5.69 Å². The van der Waals surface area contributed by atoms with Crippen molar-refractivity contribution in [3.8, 4) is 5.75 Å². The van der Waals surface area contributed by atoms with Gasteiger partial charge in [-0.3, -0.25) is 30.6 Å². The zero-order valence-electron chi connectivity index (χ0n) is 15.6. The van der Waals surface area contributed by atoms with E-state index in [0.717, 1.165) is 16.3 Å². The molecule has 0 radical (unpaired) electrons. The maximum Gasteiger partial charge on any atom is 0.310 e. The van der Waals surface area contributed by atoms with E-state index in [4.69, 9.17) is 4.74 Å². The lowest BCUT2D eigenvalue weighted by molar-refractivity contribution is -0.386. The number of carbonyl (C=O) groups excluding carboxylic acids is 2. The van der Waals surface area contributed by atoms with Gasteiger partial charge in [-0.05, 0) is 29.3 Å². The molecule has 8 heteroatoms. The van der Waals surface area contributed by atoms with E-state index in [2.05, 4.69) is 10.9 Å². The van der Waals surface area contributed by atoms with Crippen molar-refractivity contribution in [1.82, 2.24) is 10.9 Å². The molecule has 0 fully saturated rings. The molecule has 2 amide bonds. The number of fused-ring (bicyclic) bond motifs is 1. The van der Waals surface area contributed by atoms with Gasteiger partial charge in [0.05, 0.1) is 11.3 Å². The number of benzene rings is 3. The van der Waals surface area contributed by atoms with Gasteiger partial charge in [0.1, 0.15) is 0 Å². The van der Waals surface area contributed by atoms with Crippen LogP contribution in [0.15, 0.2) is 66.7 Å². The molecule has 148 valence electrons. The average Bonchev–Trinajstić information content (AvgIpc) is 2.72. The van der Waals surface area contributed by atoms with Crippen LogP contribution in [0.5, 0.6) is 5.75 Å². The lowest BCUT2D eigenvalue weighted by atomic mass is 10.0. The van der Waals surface area contributed by atoms with Gasteiger partial charge < -0.3 is 4.74 Å². The first-order chi connectivity index (χ1) is 14.0. The number of hydrogen-bond donors (Lipinski definition) is 2. The molecule has 0 spiro atoms. The predicted molar refractivity (Wildman–Crippen MR) is 107 cm³/mol. The van der Waals surface area contributed by atoms with E-state index in [1.54, 1.807) is 6.07 Å². The van der Waals surface area contributed by atoms with Crippen LogP contribution in [-0.2, 0) is 16.0 Å². The van der Waals surface area contributed by atoms with Crippen LogP contribution in [0.4, 0.5) is 5.69 Å². The van der Waals surface area contributed by atoms with Crippen molar-refractivity contribution in [3.05, 3.63) is 82.4 Å². The number of nitro benzene ring substituents is 1. The van der Waals surface area contributed by atoms with Crippen LogP contribution < -0.4 is 15.6 Å². The Labute approximate surface area is 166 Å². The highest BCUT2D eigenvalue weighted by Crippen LogP contribution is 2.26. The Hall–Kier alpha value is -3.94. The zero-order valence-corrected chi connectivity index (χ0v) is 15.6. The molecule has 29 heavy (non-hydrogen) atoms. The number of hydrazine groups is 1. The Bertz CT molecular complexity index is 1060. The maximum absolute atomic E-state index is 12.2. The number of para-hydroxylation sites is 2. The highest BCUT2D eigenvalue weighted by Gasteiger charge is 2.21. The Morgan fingerprint density at radius 1 is 1.00 bits per heavy atom. The zero-order chi connectivity index (χ0) is 20.8. The average molecular weight is 393 g/mol. The van der Waals surface area contributed by atoms with E-state index >= 15 is 0 Å². The maximum atomic E-state index is 12.2. The topological polar surface area (TPSA) is 111 Å². The number of ether oxygens (including phenoxy) is 1. The molecule has 2 N–H and O–H groups in total. The summed E-state index contributed by atoms with van der Waals surface area (Å²) in [5, 5.41) is 13.0. The summed E-state index contributed by atoms with van der Waals surface area (Å²) in [5.74, 6) is -1.05. The summed E-state index contributed by atoms with van der Waals surface area (Å²) in [7, 11) is 0. The second-order valence-corrected chi connectivity index (χ2v) is 6.34. The molecule has 3 aromatic rings. The summed E-state index contributed by atoms with van der Waals surface area (Å²) in [6.45, 7) is 1.43. The van der Waals surface area contributed by atoms with Crippen LogP contribution in [0.25, 0.3) is 10.8 Å². The lowest BCUT2D eigenvalue weighted by Gasteiger charge is -2.15. The monoisotopic (exact) mass is 393 g/mol. The van der Waals surface area contributed by atoms with Gasteiger partial charge in [-0.15, -0.1) is 0 Å². The predicted octanol–water partition coefficient (Wildman–Crippen LogP) is 2.91. The van der Waals surface area contributed by atoms with Crippen molar-refractivity contribution in [3.63, 3.8) is 0 Å². The van der Waals surface area contributed by atoms with Crippen LogP contribution in [0.2, 0.25) is 0 Å². The van der Waals surface area contributed by atoms with Crippen molar-refractivity contribution < 1.29 is 19.2 Å². The van der Waals surface area contributed by atoms with Crippen molar-refractivity contribution in [2.24, 2.45) is 0 Å². The molecule has 3 rings (SSSR count). The third-order valence-electron chi connectivity index (χ3n) is 4.29. The van der Waals surface area contributed by atoms with E-state index in [0.29, 0.717) is 0 Å². The highest BCUT2D eigenvalue weighted by atomic mass is 16.6. The van der Waals surface area contributed by atoms with Crippen molar-refractivity contribution in [2.75, 3.05) is 0 Å². The summed E-state index contributed by atoms with van der Waals surface area (Å²) in [5.41, 5.74) is 5.22. The quantitative estimate of drug-likeness (QED) is 0.494. The SMILES string of the molecule is CC(Oc1ccccc1[N+](=O)[O-])C(=O)NNC(=O)Cc1cccc2ccccc12. The van der Waals surface area contributed by atoms with E-state index in [9.17, 15) is 19.7 Å². The molecule has 0 bridgehead atoms. The van der Waals surface area contributed by atoms with E-state index in [1.165, 1.54) is 25.1 Å². The summed E-state index contributed by atoms with van der Waals surface area (Å²) >= 11 is 0. The van der Waals surface area contributed by atoms with Crippen LogP contribution in [0.1, 0.15) is 12.5 Å². The molecule has 0 saturated carbocycles. The molecule has 1 unspecified atom stereocenters. The summed E-state index contributed by atoms with van der Waals surface area (Å²) in [6, 6.07) is 19.1. The van der Waals surface area contributed by atoms with E-state index in [-0.39, 0.29) is 17.9 Å². The van der Waals surface area contributed by atoms with E-state index < -0.39 is 22.8 Å². The van der Waals surface area contributed by atoms with Crippen LogP contribution in [0, 0.1) is 10.1 Å². The fraction of sp³-hybridized carbons (Fsp3) is 0.143. The fourth-order valence-corrected chi connectivity index (χ4v) is 2.85. The molecular weight excluding hydrogens is 374 g/mol. The number of hydrogen-bond acceptors (Lipinski definition) is 5. The first kappa shape index (κ1) is 19.8. The molecule has 0 aliphatic carbocycles. The van der Waals surface area contributed by atoms with Gasteiger partial charge in [-0.1, -0.05) is 54.6 Å². The molecule has 0 aliphatic heterocycles. The minimum Gasteiger partial charge on any atom is -0.474 e. The standard InChI is InChI=1S/C21H19N3O5/c1-14(29-19-12-5-4-11-18(19)24(27)28)21(26)23-22-20(25)13-16-9-6-8-15-7-2-3-10-17(15)16/h2-12,14H,13H2,1H3,(H,22,25)(H,23,26). The summed E-state index contributed by atoms with van der Waals surface area (Å²) in [4.78, 5) is 34.8. The Kier molecular flexibility index (Phi) is 6.03. The Balaban J connectivity index is 1.57. The smallest absolute Gasteiger partial charge is 0.310 e. The lowest BCUT2D eigenvalue weighted by Crippen LogP contribution is -2.47. The first-order valence-electron chi connectivity index (χ1n) is 8.91. The summed E-state index contributed by atoms with van der Waals surface area (Å²) < 4.78 is 5.37. The molecule has 0 saturated heterocycles. The molecule has 0 heterocycles. The number of nitrogens with zero attached hydrogens (tertiary/aromatic N) is 1. The van der Waals surface area contributed by atoms with Gasteiger partial charge in [0.25, 0.3) is 5.91 Å². The number of nitro groups is 1. The fourth-order valence-electron chi connectivity index (χ4n) is 2.85. The summed E-state index contributed by atoms with van der Waals surface area (Å²) in [6.07, 6.45) is -0.963. The van der Waals surface area contributed by atoms with Gasteiger partial charge in [0, 0.05) is 6.07 Å². The second kappa shape index (κ2) is 8.83. The van der Waals surface area contributed by atoms with Gasteiger partial charge in [-0.2, -0.15) is 0 Å². The van der Waals surface area contributed by atoms with Crippen molar-refractivity contribution in [1.29, 1.82) is 0 Å². The van der Waals surface area contributed by atoms with Gasteiger partial charge in [0.2, 0.25) is 5.91 Å². The third-order valence-corrected chi connectivity index (χ3v) is 4.29. The second-order valence-electron chi connectivity index (χ2n) is 6.34. The minimum absolute atomic E-state index is 0.0257. The number of carbonyl (C=O) groups is 2. The normalized spacial score (nSPS) is 11.5. The number of rotatable bonds is 6. The molecule has 0 aromatic heterocycles. The number of amides is 2. The van der Waals surface area contributed by atoms with Gasteiger partial charge in [0.15, 0.2) is 11.9 Å². The highest BCUT2D eigenvalue weighted by molar-refractivity contribution is 5.91. The van der Waals surface area contributed by atoms with Gasteiger partial charge in [-0.25, -0.2) is 0 Å². The minimum atomic E-state index is -1.05. The molecule has 1 atom stereocenters.